The number of piperazine rings is 1. The van der Waals surface area contributed by atoms with E-state index in [2.05, 4.69) is 19.8 Å². The van der Waals surface area contributed by atoms with Crippen molar-refractivity contribution in [2.45, 2.75) is 44.6 Å². The smallest absolute Gasteiger partial charge is 0.245 e. The van der Waals surface area contributed by atoms with Gasteiger partial charge in [0.2, 0.25) is 5.91 Å². The maximum absolute atomic E-state index is 13.2. The summed E-state index contributed by atoms with van der Waals surface area (Å²) in [5, 5.41) is 1.19. The quantitative estimate of drug-likeness (QED) is 0.416. The SMILES string of the molecule is C[C@H](C(=O)N1CCN(c2ccc(S(=O)[O-])cc2)CC1)N1CCCc2cc(Cl)ccc21.Cc1nc(C)c(Cl)c(N)n1.[HH].[HH]. The number of fused-ring (bicyclic) bond motifs is 1. The maximum Gasteiger partial charge on any atom is 0.245 e. The van der Waals surface area contributed by atoms with Crippen LogP contribution < -0.4 is 15.5 Å². The van der Waals surface area contributed by atoms with E-state index in [0.29, 0.717) is 29.8 Å². The predicted octanol–water partition coefficient (Wildman–Crippen LogP) is 4.89. The minimum atomic E-state index is -2.21. The number of aromatic nitrogens is 2. The van der Waals surface area contributed by atoms with E-state index in [0.717, 1.165) is 54.6 Å². The minimum absolute atomic E-state index is 0. The third-order valence-corrected chi connectivity index (χ3v) is 8.52. The molecule has 5 rings (SSSR count). The summed E-state index contributed by atoms with van der Waals surface area (Å²) in [5.41, 5.74) is 9.47. The highest BCUT2D eigenvalue weighted by Gasteiger charge is 2.31. The second kappa shape index (κ2) is 13.2. The second-order valence-electron chi connectivity index (χ2n) is 9.84. The molecule has 0 bridgehead atoms. The maximum atomic E-state index is 13.2. The molecular formula is C28H37Cl2N6O3S-. The van der Waals surface area contributed by atoms with Crippen molar-refractivity contribution in [3.63, 3.8) is 0 Å². The molecule has 2 aromatic carbocycles. The summed E-state index contributed by atoms with van der Waals surface area (Å²) >= 11 is 9.63. The lowest BCUT2D eigenvalue weighted by Gasteiger charge is -2.41. The fraction of sp³-hybridized carbons (Fsp3) is 0.393. The Labute approximate surface area is 250 Å². The first-order chi connectivity index (χ1) is 19.0. The van der Waals surface area contributed by atoms with Gasteiger partial charge in [-0.2, -0.15) is 0 Å². The number of carbonyl (C=O) groups is 1. The van der Waals surface area contributed by atoms with Crippen LogP contribution >= 0.6 is 23.2 Å². The molecule has 3 aromatic rings. The van der Waals surface area contributed by atoms with Gasteiger partial charge in [0.05, 0.1) is 5.69 Å². The number of anilines is 3. The van der Waals surface area contributed by atoms with Crippen LogP contribution in [0.2, 0.25) is 10.0 Å². The summed E-state index contributed by atoms with van der Waals surface area (Å²) in [6.07, 6.45) is 2.01. The van der Waals surface area contributed by atoms with Crippen molar-refractivity contribution in [3.05, 3.63) is 69.6 Å². The number of aryl methyl sites for hydroxylation is 3. The number of hydrogen-bond donors (Lipinski definition) is 1. The van der Waals surface area contributed by atoms with Gasteiger partial charge in [-0.25, -0.2) is 9.97 Å². The first-order valence-electron chi connectivity index (χ1n) is 13.1. The van der Waals surface area contributed by atoms with Gasteiger partial charge in [0.1, 0.15) is 22.7 Å². The van der Waals surface area contributed by atoms with Gasteiger partial charge < -0.3 is 25.0 Å². The van der Waals surface area contributed by atoms with E-state index in [1.807, 2.05) is 42.2 Å². The summed E-state index contributed by atoms with van der Waals surface area (Å²) < 4.78 is 22.1. The number of nitrogen functional groups attached to an aromatic ring is 1. The van der Waals surface area contributed by atoms with Crippen LogP contribution in [0.3, 0.4) is 0 Å². The average Bonchev–Trinajstić information content (AvgIpc) is 2.95. The zero-order chi connectivity index (χ0) is 29.0. The molecule has 1 unspecified atom stereocenters. The molecule has 0 spiro atoms. The van der Waals surface area contributed by atoms with E-state index in [-0.39, 0.29) is 19.7 Å². The van der Waals surface area contributed by atoms with Gasteiger partial charge in [0, 0.05) is 56.9 Å². The largest absolute Gasteiger partial charge is 0.768 e. The Balaban J connectivity index is 0.000000439. The fourth-order valence-electron chi connectivity index (χ4n) is 5.07. The van der Waals surface area contributed by atoms with Crippen LogP contribution in [0.15, 0.2) is 47.4 Å². The molecule has 40 heavy (non-hydrogen) atoms. The van der Waals surface area contributed by atoms with E-state index >= 15 is 0 Å². The van der Waals surface area contributed by atoms with Crippen molar-refractivity contribution in [2.75, 3.05) is 48.3 Å². The molecule has 218 valence electrons. The number of nitrogens with zero attached hydrogens (tertiary/aromatic N) is 5. The molecule has 1 fully saturated rings. The van der Waals surface area contributed by atoms with E-state index in [9.17, 15) is 13.6 Å². The Kier molecular flexibility index (Phi) is 9.89. The summed E-state index contributed by atoms with van der Waals surface area (Å²) in [6.45, 7) is 9.19. The predicted molar refractivity (Wildman–Crippen MR) is 164 cm³/mol. The highest BCUT2D eigenvalue weighted by molar-refractivity contribution is 7.79. The molecule has 2 N–H and O–H groups in total. The molecule has 2 atom stereocenters. The van der Waals surface area contributed by atoms with Crippen LogP contribution in [0, 0.1) is 13.8 Å². The molecule has 0 aliphatic carbocycles. The number of rotatable bonds is 4. The first kappa shape index (κ1) is 30.0. The lowest BCUT2D eigenvalue weighted by atomic mass is 10.00. The van der Waals surface area contributed by atoms with Gasteiger partial charge in [-0.3, -0.25) is 9.00 Å². The van der Waals surface area contributed by atoms with Crippen LogP contribution in [0.1, 0.15) is 33.3 Å². The van der Waals surface area contributed by atoms with Crippen LogP contribution in [0.25, 0.3) is 0 Å². The van der Waals surface area contributed by atoms with Crippen LogP contribution in [0.5, 0.6) is 0 Å². The molecule has 2 aliphatic heterocycles. The molecule has 12 heteroatoms. The number of carbonyl (C=O) groups excluding carboxylic acids is 1. The van der Waals surface area contributed by atoms with E-state index in [1.165, 1.54) is 5.56 Å². The lowest BCUT2D eigenvalue weighted by molar-refractivity contribution is -0.132. The Morgan fingerprint density at radius 2 is 1.73 bits per heavy atom. The molecule has 0 radical (unpaired) electrons. The number of amides is 1. The van der Waals surface area contributed by atoms with Gasteiger partial charge in [-0.15, -0.1) is 0 Å². The monoisotopic (exact) mass is 607 g/mol. The second-order valence-corrected chi connectivity index (χ2v) is 11.6. The topological polar surface area (TPSA) is 119 Å². The van der Waals surface area contributed by atoms with Crippen LogP contribution in [0.4, 0.5) is 17.2 Å². The zero-order valence-electron chi connectivity index (χ0n) is 22.8. The Morgan fingerprint density at radius 3 is 2.35 bits per heavy atom. The fourth-order valence-corrected chi connectivity index (χ4v) is 5.71. The van der Waals surface area contributed by atoms with E-state index < -0.39 is 11.1 Å². The zero-order valence-corrected chi connectivity index (χ0v) is 25.1. The van der Waals surface area contributed by atoms with E-state index in [1.54, 1.807) is 26.0 Å². The van der Waals surface area contributed by atoms with Crippen molar-refractivity contribution in [1.29, 1.82) is 0 Å². The first-order valence-corrected chi connectivity index (χ1v) is 14.9. The van der Waals surface area contributed by atoms with Gasteiger partial charge in [-0.05, 0) is 92.7 Å². The van der Waals surface area contributed by atoms with E-state index in [4.69, 9.17) is 28.9 Å². The van der Waals surface area contributed by atoms with Crippen molar-refractivity contribution in [1.82, 2.24) is 14.9 Å². The lowest BCUT2D eigenvalue weighted by Crippen LogP contribution is -2.55. The summed E-state index contributed by atoms with van der Waals surface area (Å²) in [4.78, 5) is 27.7. The third kappa shape index (κ3) is 7.04. The molecule has 1 amide bonds. The number of nitrogens with two attached hydrogens (primary N) is 1. The standard InChI is InChI=1S/C22H26ClN3O3S.C6H8ClN3.2H2/c1-16(26-10-2-3-17-15-18(23)4-9-21(17)26)22(27)25-13-11-24(12-14-25)19-5-7-20(8-6-19)30(28)29;1-3-5(7)6(8)10-4(2)9-3;;/h4-9,15-16H,2-3,10-14H2,1H3,(H,28,29);1-2H3,(H2,8,9,10);2*1H/p-1/t16-;;;/m1.../s1. The average molecular weight is 609 g/mol. The van der Waals surface area contributed by atoms with Crippen LogP contribution in [-0.2, 0) is 22.3 Å². The summed E-state index contributed by atoms with van der Waals surface area (Å²) in [5.74, 6) is 1.15. The molecule has 9 nitrogen and oxygen atoms in total. The van der Waals surface area contributed by atoms with Gasteiger partial charge >= 0.3 is 0 Å². The van der Waals surface area contributed by atoms with Gasteiger partial charge in [0.25, 0.3) is 0 Å². The Hall–Kier alpha value is -2.92. The molecular weight excluding hydrogens is 571 g/mol. The highest BCUT2D eigenvalue weighted by Crippen LogP contribution is 2.31. The van der Waals surface area contributed by atoms with Gasteiger partial charge in [-0.1, -0.05) is 23.2 Å². The van der Waals surface area contributed by atoms with Crippen molar-refractivity contribution < 1.29 is 16.4 Å². The van der Waals surface area contributed by atoms with Gasteiger partial charge in [0.15, 0.2) is 0 Å². The molecule has 0 saturated carbocycles. The van der Waals surface area contributed by atoms with Crippen LogP contribution in [-0.4, -0.2) is 68.3 Å². The highest BCUT2D eigenvalue weighted by atomic mass is 35.5. The number of hydrogen-bond acceptors (Lipinski definition) is 8. The molecule has 3 heterocycles. The van der Waals surface area contributed by atoms with Crippen molar-refractivity contribution in [3.8, 4) is 0 Å². The summed E-state index contributed by atoms with van der Waals surface area (Å²) in [7, 11) is 0. The Morgan fingerprint density at radius 1 is 1.05 bits per heavy atom. The van der Waals surface area contributed by atoms with Crippen molar-refractivity contribution >= 4 is 57.4 Å². The normalized spacial score (nSPS) is 16.5. The summed E-state index contributed by atoms with van der Waals surface area (Å²) in [6, 6.07) is 12.6. The van der Waals surface area contributed by atoms with Crippen molar-refractivity contribution in [2.24, 2.45) is 0 Å². The minimum Gasteiger partial charge on any atom is -0.768 e. The number of benzene rings is 2. The third-order valence-electron chi connectivity index (χ3n) is 7.16. The Bertz CT molecular complexity index is 1370. The molecule has 2 aliphatic rings. The molecule has 1 aromatic heterocycles. The number of halogens is 2. The molecule has 1 saturated heterocycles.